The Labute approximate surface area is 143 Å². The summed E-state index contributed by atoms with van der Waals surface area (Å²) >= 11 is 0. The Balaban J connectivity index is 1.51. The molecule has 2 aliphatic rings. The van der Waals surface area contributed by atoms with Crippen molar-refractivity contribution in [3.63, 3.8) is 0 Å². The zero-order valence-corrected chi connectivity index (χ0v) is 14.0. The lowest BCUT2D eigenvalue weighted by atomic mass is 9.91. The third kappa shape index (κ3) is 3.19. The van der Waals surface area contributed by atoms with Crippen molar-refractivity contribution in [2.24, 2.45) is 5.73 Å². The van der Waals surface area contributed by atoms with Crippen LogP contribution < -0.4 is 11.1 Å². The number of phenolic OH excluding ortho intramolecular Hbond substituents is 1. The molecule has 2 saturated carbocycles. The lowest BCUT2D eigenvalue weighted by Gasteiger charge is -2.27. The highest BCUT2D eigenvalue weighted by Crippen LogP contribution is 2.49. The van der Waals surface area contributed by atoms with Gasteiger partial charge < -0.3 is 16.2 Å². The van der Waals surface area contributed by atoms with Crippen LogP contribution in [-0.2, 0) is 0 Å². The summed E-state index contributed by atoms with van der Waals surface area (Å²) in [6.07, 6.45) is 5.72. The summed E-state index contributed by atoms with van der Waals surface area (Å²) in [6, 6.07) is 17.7. The SMILES string of the molecule is NC1CCC(N[C@@H]2C[C@H]2c2c(O)cccc2-c2ccccc2)CC1. The van der Waals surface area contributed by atoms with Crippen LogP contribution in [0.2, 0.25) is 0 Å². The first-order valence-electron chi connectivity index (χ1n) is 9.11. The third-order valence-corrected chi connectivity index (χ3v) is 5.55. The smallest absolute Gasteiger partial charge is 0.119 e. The van der Waals surface area contributed by atoms with Gasteiger partial charge in [-0.25, -0.2) is 0 Å². The first kappa shape index (κ1) is 15.7. The number of nitrogens with one attached hydrogen (secondary N) is 1. The van der Waals surface area contributed by atoms with Gasteiger partial charge in [0.1, 0.15) is 5.75 Å². The second-order valence-electron chi connectivity index (χ2n) is 7.33. The standard InChI is InChI=1S/C21H26N2O/c22-15-9-11-16(12-10-15)23-19-13-18(19)21-17(7-4-8-20(21)24)14-5-2-1-3-6-14/h1-8,15-16,18-19,23-24H,9-13,22H2/t15?,16?,18-,19-/m1/s1. The van der Waals surface area contributed by atoms with E-state index in [-0.39, 0.29) is 0 Å². The molecule has 24 heavy (non-hydrogen) atoms. The first-order chi connectivity index (χ1) is 11.7. The molecule has 0 aromatic heterocycles. The van der Waals surface area contributed by atoms with E-state index in [2.05, 4.69) is 35.6 Å². The van der Waals surface area contributed by atoms with Crippen molar-refractivity contribution in [3.05, 3.63) is 54.1 Å². The van der Waals surface area contributed by atoms with Gasteiger partial charge in [-0.15, -0.1) is 0 Å². The van der Waals surface area contributed by atoms with Gasteiger partial charge in [-0.1, -0.05) is 42.5 Å². The Morgan fingerprint density at radius 3 is 2.42 bits per heavy atom. The van der Waals surface area contributed by atoms with E-state index in [4.69, 9.17) is 5.73 Å². The van der Waals surface area contributed by atoms with Crippen molar-refractivity contribution in [1.29, 1.82) is 0 Å². The molecule has 0 radical (unpaired) electrons. The van der Waals surface area contributed by atoms with Crippen LogP contribution in [0.25, 0.3) is 11.1 Å². The highest BCUT2D eigenvalue weighted by Gasteiger charge is 2.42. The van der Waals surface area contributed by atoms with Gasteiger partial charge in [0.05, 0.1) is 0 Å². The minimum Gasteiger partial charge on any atom is -0.508 e. The van der Waals surface area contributed by atoms with Gasteiger partial charge in [-0.05, 0) is 49.3 Å². The minimum atomic E-state index is 0.390. The molecule has 2 aromatic carbocycles. The quantitative estimate of drug-likeness (QED) is 0.803. The van der Waals surface area contributed by atoms with Crippen LogP contribution in [0.15, 0.2) is 48.5 Å². The van der Waals surface area contributed by atoms with Crippen LogP contribution in [0.4, 0.5) is 0 Å². The van der Waals surface area contributed by atoms with Crippen LogP contribution in [-0.4, -0.2) is 23.2 Å². The van der Waals surface area contributed by atoms with Crippen molar-refractivity contribution in [2.45, 2.75) is 56.1 Å². The third-order valence-electron chi connectivity index (χ3n) is 5.55. The fourth-order valence-electron chi connectivity index (χ4n) is 4.10. The van der Waals surface area contributed by atoms with Crippen molar-refractivity contribution in [1.82, 2.24) is 5.32 Å². The summed E-state index contributed by atoms with van der Waals surface area (Å²) in [5.74, 6) is 0.841. The minimum absolute atomic E-state index is 0.390. The number of rotatable bonds is 4. The molecule has 2 aromatic rings. The topological polar surface area (TPSA) is 58.3 Å². The molecular formula is C21H26N2O. The van der Waals surface area contributed by atoms with Crippen LogP contribution in [0.5, 0.6) is 5.75 Å². The lowest BCUT2D eigenvalue weighted by molar-refractivity contribution is 0.339. The van der Waals surface area contributed by atoms with Crippen molar-refractivity contribution in [2.75, 3.05) is 0 Å². The average Bonchev–Trinajstić information content (AvgIpc) is 3.36. The molecule has 126 valence electrons. The highest BCUT2D eigenvalue weighted by molar-refractivity contribution is 5.71. The molecule has 0 bridgehead atoms. The monoisotopic (exact) mass is 322 g/mol. The predicted molar refractivity (Wildman–Crippen MR) is 98.1 cm³/mol. The number of benzene rings is 2. The van der Waals surface area contributed by atoms with Crippen LogP contribution in [0, 0.1) is 0 Å². The van der Waals surface area contributed by atoms with E-state index < -0.39 is 0 Å². The normalized spacial score (nSPS) is 29.4. The Bertz CT molecular complexity index is 692. The summed E-state index contributed by atoms with van der Waals surface area (Å²) in [6.45, 7) is 0. The Morgan fingerprint density at radius 1 is 0.917 bits per heavy atom. The molecule has 0 spiro atoms. The molecule has 0 amide bonds. The molecule has 2 atom stereocenters. The number of nitrogens with two attached hydrogens (primary N) is 1. The van der Waals surface area contributed by atoms with E-state index in [1.54, 1.807) is 0 Å². The lowest BCUT2D eigenvalue weighted by Crippen LogP contribution is -2.38. The Kier molecular flexibility index (Phi) is 4.30. The second kappa shape index (κ2) is 6.58. The first-order valence-corrected chi connectivity index (χ1v) is 9.11. The van der Waals surface area contributed by atoms with Gasteiger partial charge in [0.25, 0.3) is 0 Å². The summed E-state index contributed by atoms with van der Waals surface area (Å²) in [5, 5.41) is 14.3. The zero-order chi connectivity index (χ0) is 16.5. The molecule has 3 nitrogen and oxygen atoms in total. The molecule has 0 aliphatic heterocycles. The number of hydrogen-bond acceptors (Lipinski definition) is 3. The van der Waals surface area contributed by atoms with Crippen LogP contribution in [0.3, 0.4) is 0 Å². The molecule has 4 N–H and O–H groups in total. The number of aromatic hydroxyl groups is 1. The average molecular weight is 322 g/mol. The van der Waals surface area contributed by atoms with E-state index in [1.165, 1.54) is 18.4 Å². The van der Waals surface area contributed by atoms with E-state index in [0.717, 1.165) is 30.4 Å². The molecule has 2 aliphatic carbocycles. The molecule has 0 unspecified atom stereocenters. The van der Waals surface area contributed by atoms with Gasteiger partial charge in [-0.2, -0.15) is 0 Å². The Hall–Kier alpha value is -1.84. The van der Waals surface area contributed by atoms with Crippen LogP contribution >= 0.6 is 0 Å². The van der Waals surface area contributed by atoms with E-state index in [9.17, 15) is 5.11 Å². The molecule has 2 fully saturated rings. The van der Waals surface area contributed by atoms with Gasteiger partial charge in [0.2, 0.25) is 0 Å². The van der Waals surface area contributed by atoms with Crippen molar-refractivity contribution >= 4 is 0 Å². The van der Waals surface area contributed by atoms with Crippen molar-refractivity contribution < 1.29 is 5.11 Å². The summed E-state index contributed by atoms with van der Waals surface area (Å²) in [5.41, 5.74) is 9.45. The number of hydrogen-bond donors (Lipinski definition) is 3. The fourth-order valence-corrected chi connectivity index (χ4v) is 4.10. The van der Waals surface area contributed by atoms with Gasteiger partial charge in [0.15, 0.2) is 0 Å². The van der Waals surface area contributed by atoms with Gasteiger partial charge in [-0.3, -0.25) is 0 Å². The predicted octanol–water partition coefficient (Wildman–Crippen LogP) is 3.77. The van der Waals surface area contributed by atoms with E-state index in [0.29, 0.717) is 29.8 Å². The van der Waals surface area contributed by atoms with E-state index >= 15 is 0 Å². The second-order valence-corrected chi connectivity index (χ2v) is 7.33. The van der Waals surface area contributed by atoms with Crippen LogP contribution in [0.1, 0.15) is 43.6 Å². The molecule has 3 heteroatoms. The molecule has 0 saturated heterocycles. The number of phenols is 1. The maximum atomic E-state index is 10.5. The van der Waals surface area contributed by atoms with Gasteiger partial charge in [0, 0.05) is 29.6 Å². The maximum Gasteiger partial charge on any atom is 0.119 e. The maximum absolute atomic E-state index is 10.5. The van der Waals surface area contributed by atoms with Crippen molar-refractivity contribution in [3.8, 4) is 16.9 Å². The largest absolute Gasteiger partial charge is 0.508 e. The Morgan fingerprint density at radius 2 is 1.67 bits per heavy atom. The van der Waals surface area contributed by atoms with E-state index in [1.807, 2.05) is 18.2 Å². The molecular weight excluding hydrogens is 296 g/mol. The summed E-state index contributed by atoms with van der Waals surface area (Å²) in [7, 11) is 0. The highest BCUT2D eigenvalue weighted by atomic mass is 16.3. The summed E-state index contributed by atoms with van der Waals surface area (Å²) < 4.78 is 0. The zero-order valence-electron chi connectivity index (χ0n) is 14.0. The van der Waals surface area contributed by atoms with Gasteiger partial charge >= 0.3 is 0 Å². The molecule has 0 heterocycles. The molecule has 4 rings (SSSR count). The fraction of sp³-hybridized carbons (Fsp3) is 0.429. The summed E-state index contributed by atoms with van der Waals surface area (Å²) in [4.78, 5) is 0.